The van der Waals surface area contributed by atoms with Crippen LogP contribution in [0.3, 0.4) is 0 Å². The molecule has 0 heterocycles. The first kappa shape index (κ1) is 12.7. The second-order valence-electron chi connectivity index (χ2n) is 4.15. The fraction of sp³-hybridized carbons (Fsp3) is 0.308. The van der Waals surface area contributed by atoms with Crippen molar-refractivity contribution in [2.75, 3.05) is 0 Å². The van der Waals surface area contributed by atoms with Gasteiger partial charge in [-0.2, -0.15) is 13.2 Å². The summed E-state index contributed by atoms with van der Waals surface area (Å²) in [5.74, 6) is -3.25. The third-order valence-corrected chi connectivity index (χ3v) is 2.81. The molecule has 1 aliphatic carbocycles. The highest BCUT2D eigenvalue weighted by Gasteiger charge is 2.42. The molecule has 0 saturated carbocycles. The van der Waals surface area contributed by atoms with E-state index in [0.717, 1.165) is 18.1 Å². The smallest absolute Gasteiger partial charge is 0.401 e. The molecule has 1 aliphatic rings. The highest BCUT2D eigenvalue weighted by atomic mass is 19.4. The number of carbonyl (C=O) groups is 1. The van der Waals surface area contributed by atoms with E-state index in [4.69, 9.17) is 4.74 Å². The number of halogens is 3. The van der Waals surface area contributed by atoms with Crippen molar-refractivity contribution >= 4 is 12.0 Å². The van der Waals surface area contributed by atoms with E-state index in [1.807, 2.05) is 12.2 Å². The fourth-order valence-corrected chi connectivity index (χ4v) is 1.64. The van der Waals surface area contributed by atoms with E-state index >= 15 is 0 Å². The van der Waals surface area contributed by atoms with Crippen LogP contribution in [0, 0.1) is 5.92 Å². The number of carbonyl (C=O) groups excluding carboxylic acids is 1. The lowest BCUT2D eigenvalue weighted by Crippen LogP contribution is -2.31. The molecule has 5 heteroatoms. The molecule has 0 aromatic heterocycles. The van der Waals surface area contributed by atoms with Gasteiger partial charge < -0.3 is 4.74 Å². The summed E-state index contributed by atoms with van der Waals surface area (Å²) in [6.45, 7) is 0.789. The zero-order valence-electron chi connectivity index (χ0n) is 9.62. The number of fused-ring (bicyclic) bond motifs is 1. The van der Waals surface area contributed by atoms with Gasteiger partial charge in [-0.05, 0) is 36.6 Å². The summed E-state index contributed by atoms with van der Waals surface area (Å²) in [7, 11) is 0. The van der Waals surface area contributed by atoms with E-state index in [2.05, 4.69) is 0 Å². The van der Waals surface area contributed by atoms with Gasteiger partial charge in [0.2, 0.25) is 0 Å². The lowest BCUT2D eigenvalue weighted by Gasteiger charge is -2.14. The monoisotopic (exact) mass is 256 g/mol. The fourth-order valence-electron chi connectivity index (χ4n) is 1.64. The maximum absolute atomic E-state index is 12.3. The molecule has 2 rings (SSSR count). The number of ether oxygens (including phenoxy) is 1. The molecule has 1 aromatic rings. The SMILES string of the molecule is CC(C(=O)Oc1ccc2c(c1)CC=C2)C(F)(F)F. The van der Waals surface area contributed by atoms with E-state index in [-0.39, 0.29) is 5.75 Å². The quantitative estimate of drug-likeness (QED) is 0.599. The standard InChI is InChI=1S/C13H11F3O2/c1-8(13(14,15)16)12(17)18-11-6-5-9-3-2-4-10(9)7-11/h2-3,5-8H,4H2,1H3. The number of alkyl halides is 3. The average Bonchev–Trinajstić information content (AvgIpc) is 2.73. The van der Waals surface area contributed by atoms with E-state index in [1.165, 1.54) is 6.07 Å². The molecule has 0 fully saturated rings. The third-order valence-electron chi connectivity index (χ3n) is 2.81. The Hall–Kier alpha value is -1.78. The topological polar surface area (TPSA) is 26.3 Å². The normalized spacial score (nSPS) is 15.3. The summed E-state index contributed by atoms with van der Waals surface area (Å²) < 4.78 is 41.7. The molecule has 0 saturated heterocycles. The second-order valence-corrected chi connectivity index (χ2v) is 4.15. The van der Waals surface area contributed by atoms with Gasteiger partial charge >= 0.3 is 12.1 Å². The van der Waals surface area contributed by atoms with E-state index in [9.17, 15) is 18.0 Å². The van der Waals surface area contributed by atoms with E-state index in [1.54, 1.807) is 12.1 Å². The number of benzene rings is 1. The molecule has 0 spiro atoms. The number of hydrogen-bond acceptors (Lipinski definition) is 2. The van der Waals surface area contributed by atoms with Crippen LogP contribution in [-0.2, 0) is 11.2 Å². The molecule has 0 N–H and O–H groups in total. The van der Waals surface area contributed by atoms with Crippen molar-refractivity contribution in [1.82, 2.24) is 0 Å². The molecule has 0 radical (unpaired) electrons. The molecule has 2 nitrogen and oxygen atoms in total. The predicted octanol–water partition coefficient (Wildman–Crippen LogP) is 3.36. The van der Waals surface area contributed by atoms with Gasteiger partial charge in [0.05, 0.1) is 0 Å². The van der Waals surface area contributed by atoms with Gasteiger partial charge in [-0.1, -0.05) is 18.2 Å². The predicted molar refractivity (Wildman–Crippen MR) is 60.0 cm³/mol. The molecule has 1 aromatic carbocycles. The Morgan fingerprint density at radius 1 is 1.39 bits per heavy atom. The van der Waals surface area contributed by atoms with Crippen LogP contribution in [0.1, 0.15) is 18.1 Å². The maximum Gasteiger partial charge on any atom is 0.401 e. The Bertz CT molecular complexity index is 503. The maximum atomic E-state index is 12.3. The van der Waals surface area contributed by atoms with Crippen molar-refractivity contribution in [1.29, 1.82) is 0 Å². The molecule has 0 amide bonds. The number of esters is 1. The third kappa shape index (κ3) is 2.55. The largest absolute Gasteiger partial charge is 0.426 e. The second kappa shape index (κ2) is 4.48. The Balaban J connectivity index is 2.09. The van der Waals surface area contributed by atoms with Crippen LogP contribution in [0.2, 0.25) is 0 Å². The zero-order valence-corrected chi connectivity index (χ0v) is 9.62. The van der Waals surface area contributed by atoms with Crippen LogP contribution < -0.4 is 4.74 Å². The summed E-state index contributed by atoms with van der Waals surface area (Å²) >= 11 is 0. The lowest BCUT2D eigenvalue weighted by atomic mass is 10.1. The molecule has 0 bridgehead atoms. The van der Waals surface area contributed by atoms with Crippen molar-refractivity contribution in [3.63, 3.8) is 0 Å². The van der Waals surface area contributed by atoms with Crippen molar-refractivity contribution < 1.29 is 22.7 Å². The van der Waals surface area contributed by atoms with Crippen molar-refractivity contribution in [3.8, 4) is 5.75 Å². The van der Waals surface area contributed by atoms with Crippen LogP contribution >= 0.6 is 0 Å². The van der Waals surface area contributed by atoms with E-state index < -0.39 is 18.1 Å². The average molecular weight is 256 g/mol. The Kier molecular flexibility index (Phi) is 3.15. The molecule has 18 heavy (non-hydrogen) atoms. The van der Waals surface area contributed by atoms with Gasteiger partial charge in [0.1, 0.15) is 11.7 Å². The first-order valence-electron chi connectivity index (χ1n) is 5.46. The first-order valence-corrected chi connectivity index (χ1v) is 5.46. The minimum absolute atomic E-state index is 0.151. The molecule has 0 aliphatic heterocycles. The summed E-state index contributed by atoms with van der Waals surface area (Å²) in [6, 6.07) is 4.81. The molecule has 1 unspecified atom stereocenters. The van der Waals surface area contributed by atoms with Crippen LogP contribution in [0.5, 0.6) is 5.75 Å². The molecular formula is C13H11F3O2. The number of rotatable bonds is 2. The van der Waals surface area contributed by atoms with Crippen LogP contribution in [0.15, 0.2) is 24.3 Å². The van der Waals surface area contributed by atoms with Gasteiger partial charge in [-0.15, -0.1) is 0 Å². The number of allylic oxidation sites excluding steroid dienone is 1. The Morgan fingerprint density at radius 2 is 2.11 bits per heavy atom. The van der Waals surface area contributed by atoms with Crippen LogP contribution in [-0.4, -0.2) is 12.1 Å². The summed E-state index contributed by atoms with van der Waals surface area (Å²) in [6.07, 6.45) is -0.0151. The summed E-state index contributed by atoms with van der Waals surface area (Å²) in [4.78, 5) is 11.3. The van der Waals surface area contributed by atoms with Gasteiger partial charge in [-0.3, -0.25) is 4.79 Å². The van der Waals surface area contributed by atoms with Gasteiger partial charge in [0.15, 0.2) is 0 Å². The highest BCUT2D eigenvalue weighted by molar-refractivity contribution is 5.76. The highest BCUT2D eigenvalue weighted by Crippen LogP contribution is 2.29. The van der Waals surface area contributed by atoms with Crippen LogP contribution in [0.4, 0.5) is 13.2 Å². The molecular weight excluding hydrogens is 245 g/mol. The van der Waals surface area contributed by atoms with Gasteiger partial charge in [-0.25, -0.2) is 0 Å². The van der Waals surface area contributed by atoms with Gasteiger partial charge in [0, 0.05) is 0 Å². The summed E-state index contributed by atoms with van der Waals surface area (Å²) in [5, 5.41) is 0. The number of hydrogen-bond donors (Lipinski definition) is 0. The minimum Gasteiger partial charge on any atom is -0.426 e. The lowest BCUT2D eigenvalue weighted by molar-refractivity contribution is -0.187. The Morgan fingerprint density at radius 3 is 2.78 bits per heavy atom. The molecule has 96 valence electrons. The Labute approximate surface area is 102 Å². The van der Waals surface area contributed by atoms with Crippen molar-refractivity contribution in [2.24, 2.45) is 5.92 Å². The molecule has 1 atom stereocenters. The van der Waals surface area contributed by atoms with Crippen LogP contribution in [0.25, 0.3) is 6.08 Å². The van der Waals surface area contributed by atoms with Crippen molar-refractivity contribution in [2.45, 2.75) is 19.5 Å². The summed E-state index contributed by atoms with van der Waals surface area (Å²) in [5.41, 5.74) is 1.94. The first-order chi connectivity index (χ1) is 8.38. The minimum atomic E-state index is -4.57. The zero-order chi connectivity index (χ0) is 13.3. The van der Waals surface area contributed by atoms with Crippen molar-refractivity contribution in [3.05, 3.63) is 35.4 Å². The van der Waals surface area contributed by atoms with Gasteiger partial charge in [0.25, 0.3) is 0 Å². The van der Waals surface area contributed by atoms with E-state index in [0.29, 0.717) is 6.42 Å².